The van der Waals surface area contributed by atoms with E-state index >= 15 is 0 Å². The summed E-state index contributed by atoms with van der Waals surface area (Å²) >= 11 is 8.73. The minimum atomic E-state index is -0.152. The molecule has 4 rings (SSSR count). The molecule has 0 saturated carbocycles. The van der Waals surface area contributed by atoms with Gasteiger partial charge in [-0.3, -0.25) is 4.79 Å². The SMILES string of the molecule is Cc1ccc(C(=O)Nc2c(Br)cc(Br)cc2-c2nc3ccccc3s2)cc1. The summed E-state index contributed by atoms with van der Waals surface area (Å²) in [7, 11) is 0. The molecule has 0 aliphatic heterocycles. The summed E-state index contributed by atoms with van der Waals surface area (Å²) in [5.74, 6) is -0.152. The first-order valence-corrected chi connectivity index (χ1v) is 10.6. The van der Waals surface area contributed by atoms with E-state index in [-0.39, 0.29) is 5.91 Å². The lowest BCUT2D eigenvalue weighted by atomic mass is 10.1. The molecule has 6 heteroatoms. The molecule has 0 aliphatic carbocycles. The number of hydrogen-bond acceptors (Lipinski definition) is 3. The molecule has 1 heterocycles. The molecule has 1 N–H and O–H groups in total. The van der Waals surface area contributed by atoms with Crippen LogP contribution >= 0.6 is 43.2 Å². The molecule has 0 radical (unpaired) electrons. The van der Waals surface area contributed by atoms with E-state index in [2.05, 4.69) is 37.2 Å². The normalized spacial score (nSPS) is 10.9. The number of rotatable bonds is 3. The number of carbonyl (C=O) groups is 1. The third-order valence-electron chi connectivity index (χ3n) is 4.13. The standard InChI is InChI=1S/C21H14Br2N2OS/c1-12-6-8-13(9-7-12)20(26)25-19-15(10-14(22)11-16(19)23)21-24-17-4-2-3-5-18(17)27-21/h2-11H,1H3,(H,25,26). The van der Waals surface area contributed by atoms with E-state index in [0.717, 1.165) is 35.3 Å². The number of para-hydroxylation sites is 1. The van der Waals surface area contributed by atoms with E-state index in [1.165, 1.54) is 0 Å². The minimum absolute atomic E-state index is 0.152. The Hall–Kier alpha value is -2.02. The summed E-state index contributed by atoms with van der Waals surface area (Å²) < 4.78 is 2.82. The predicted molar refractivity (Wildman–Crippen MR) is 120 cm³/mol. The quantitative estimate of drug-likeness (QED) is 0.326. The van der Waals surface area contributed by atoms with Crippen molar-refractivity contribution >= 4 is 65.0 Å². The fourth-order valence-corrected chi connectivity index (χ4v) is 5.06. The highest BCUT2D eigenvalue weighted by molar-refractivity contribution is 9.11. The Balaban J connectivity index is 1.78. The molecular weight excluding hydrogens is 488 g/mol. The van der Waals surface area contributed by atoms with Gasteiger partial charge in [0, 0.05) is 20.1 Å². The van der Waals surface area contributed by atoms with Crippen molar-refractivity contribution in [2.24, 2.45) is 0 Å². The molecule has 0 atom stereocenters. The number of carbonyl (C=O) groups excluding carboxylic acids is 1. The molecule has 0 aliphatic rings. The van der Waals surface area contributed by atoms with Crippen molar-refractivity contribution in [3.05, 3.63) is 80.7 Å². The fourth-order valence-electron chi connectivity index (χ4n) is 2.75. The molecule has 27 heavy (non-hydrogen) atoms. The maximum absolute atomic E-state index is 12.8. The number of nitrogens with one attached hydrogen (secondary N) is 1. The zero-order chi connectivity index (χ0) is 19.0. The molecule has 1 amide bonds. The zero-order valence-corrected chi connectivity index (χ0v) is 18.3. The van der Waals surface area contributed by atoms with Gasteiger partial charge in [0.2, 0.25) is 0 Å². The Bertz CT molecular complexity index is 1120. The van der Waals surface area contributed by atoms with Crippen LogP contribution in [0.4, 0.5) is 5.69 Å². The topological polar surface area (TPSA) is 42.0 Å². The van der Waals surface area contributed by atoms with Crippen molar-refractivity contribution in [2.45, 2.75) is 6.92 Å². The summed E-state index contributed by atoms with van der Waals surface area (Å²) in [6.07, 6.45) is 0. The van der Waals surface area contributed by atoms with Gasteiger partial charge in [0.25, 0.3) is 5.91 Å². The number of benzene rings is 3. The van der Waals surface area contributed by atoms with Crippen LogP contribution in [0.1, 0.15) is 15.9 Å². The molecule has 0 fully saturated rings. The summed E-state index contributed by atoms with van der Waals surface area (Å²) in [5, 5.41) is 3.90. The number of halogens is 2. The number of aryl methyl sites for hydroxylation is 1. The maximum Gasteiger partial charge on any atom is 0.255 e. The summed E-state index contributed by atoms with van der Waals surface area (Å²) in [6, 6.07) is 19.4. The van der Waals surface area contributed by atoms with Crippen molar-refractivity contribution in [3.8, 4) is 10.6 Å². The van der Waals surface area contributed by atoms with E-state index in [4.69, 9.17) is 4.98 Å². The van der Waals surface area contributed by atoms with E-state index in [1.807, 2.05) is 67.6 Å². The van der Waals surface area contributed by atoms with E-state index in [9.17, 15) is 4.79 Å². The molecule has 0 unspecified atom stereocenters. The molecule has 3 nitrogen and oxygen atoms in total. The molecule has 134 valence electrons. The Morgan fingerprint density at radius 3 is 2.52 bits per heavy atom. The van der Waals surface area contributed by atoms with Crippen LogP contribution in [0.15, 0.2) is 69.6 Å². The van der Waals surface area contributed by atoms with Gasteiger partial charge in [-0.25, -0.2) is 4.98 Å². The molecule has 0 bridgehead atoms. The second-order valence-electron chi connectivity index (χ2n) is 6.12. The second-order valence-corrected chi connectivity index (χ2v) is 8.92. The number of nitrogens with zero attached hydrogens (tertiary/aromatic N) is 1. The van der Waals surface area contributed by atoms with Gasteiger partial charge < -0.3 is 5.32 Å². The highest BCUT2D eigenvalue weighted by atomic mass is 79.9. The lowest BCUT2D eigenvalue weighted by molar-refractivity contribution is 0.102. The van der Waals surface area contributed by atoms with Crippen LogP contribution in [-0.4, -0.2) is 10.9 Å². The van der Waals surface area contributed by atoms with Crippen LogP contribution in [0.5, 0.6) is 0 Å². The number of fused-ring (bicyclic) bond motifs is 1. The first-order valence-electron chi connectivity index (χ1n) is 8.24. The van der Waals surface area contributed by atoms with Gasteiger partial charge in [-0.15, -0.1) is 11.3 Å². The van der Waals surface area contributed by atoms with Crippen LogP contribution in [-0.2, 0) is 0 Å². The average Bonchev–Trinajstić information content (AvgIpc) is 3.08. The number of thiazole rings is 1. The van der Waals surface area contributed by atoms with Crippen molar-refractivity contribution in [1.29, 1.82) is 0 Å². The van der Waals surface area contributed by atoms with Crippen LogP contribution in [0.2, 0.25) is 0 Å². The van der Waals surface area contributed by atoms with Gasteiger partial charge >= 0.3 is 0 Å². The van der Waals surface area contributed by atoms with Crippen LogP contribution in [0, 0.1) is 6.92 Å². The predicted octanol–water partition coefficient (Wildman–Crippen LogP) is 7.05. The van der Waals surface area contributed by atoms with E-state index < -0.39 is 0 Å². The number of hydrogen-bond donors (Lipinski definition) is 1. The number of anilines is 1. The molecule has 3 aromatic carbocycles. The third kappa shape index (κ3) is 3.83. The van der Waals surface area contributed by atoms with Gasteiger partial charge in [-0.2, -0.15) is 0 Å². The van der Waals surface area contributed by atoms with Gasteiger partial charge in [0.15, 0.2) is 0 Å². The smallest absolute Gasteiger partial charge is 0.255 e. The lowest BCUT2D eigenvalue weighted by Gasteiger charge is -2.13. The first-order chi connectivity index (χ1) is 13.0. The van der Waals surface area contributed by atoms with Gasteiger partial charge in [-0.1, -0.05) is 45.8 Å². The van der Waals surface area contributed by atoms with E-state index in [0.29, 0.717) is 11.3 Å². The van der Waals surface area contributed by atoms with Crippen molar-refractivity contribution in [2.75, 3.05) is 5.32 Å². The Morgan fingerprint density at radius 2 is 1.78 bits per heavy atom. The summed E-state index contributed by atoms with van der Waals surface area (Å²) in [6.45, 7) is 2.00. The van der Waals surface area contributed by atoms with Crippen LogP contribution in [0.25, 0.3) is 20.8 Å². The minimum Gasteiger partial charge on any atom is -0.320 e. The van der Waals surface area contributed by atoms with Gasteiger partial charge in [0.05, 0.1) is 15.9 Å². The average molecular weight is 502 g/mol. The van der Waals surface area contributed by atoms with Gasteiger partial charge in [-0.05, 0) is 59.3 Å². The fraction of sp³-hybridized carbons (Fsp3) is 0.0476. The first kappa shape index (κ1) is 18.3. The molecule has 0 spiro atoms. The Labute approximate surface area is 177 Å². The van der Waals surface area contributed by atoms with Crippen LogP contribution in [0.3, 0.4) is 0 Å². The zero-order valence-electron chi connectivity index (χ0n) is 14.3. The summed E-state index contributed by atoms with van der Waals surface area (Å²) in [5.41, 5.74) is 4.27. The van der Waals surface area contributed by atoms with Gasteiger partial charge in [0.1, 0.15) is 5.01 Å². The maximum atomic E-state index is 12.8. The van der Waals surface area contributed by atoms with Crippen LogP contribution < -0.4 is 5.32 Å². The largest absolute Gasteiger partial charge is 0.320 e. The van der Waals surface area contributed by atoms with Crippen molar-refractivity contribution in [3.63, 3.8) is 0 Å². The monoisotopic (exact) mass is 500 g/mol. The molecule has 1 aromatic heterocycles. The number of amides is 1. The van der Waals surface area contributed by atoms with E-state index in [1.54, 1.807) is 11.3 Å². The van der Waals surface area contributed by atoms with Crippen molar-refractivity contribution in [1.82, 2.24) is 4.98 Å². The molecular formula is C21H14Br2N2OS. The highest BCUT2D eigenvalue weighted by Crippen LogP contribution is 2.40. The summed E-state index contributed by atoms with van der Waals surface area (Å²) in [4.78, 5) is 17.5. The highest BCUT2D eigenvalue weighted by Gasteiger charge is 2.17. The Kier molecular flexibility index (Phi) is 5.12. The lowest BCUT2D eigenvalue weighted by Crippen LogP contribution is -2.13. The molecule has 0 saturated heterocycles. The molecule has 4 aromatic rings. The number of aromatic nitrogens is 1. The van der Waals surface area contributed by atoms with Crippen molar-refractivity contribution < 1.29 is 4.79 Å². The Morgan fingerprint density at radius 1 is 1.04 bits per heavy atom. The second kappa shape index (κ2) is 7.54. The third-order valence-corrected chi connectivity index (χ3v) is 6.28.